The molecule has 1 aromatic rings. The molecule has 0 bridgehead atoms. The average Bonchev–Trinajstić information content (AvgIpc) is 2.13. The lowest BCUT2D eigenvalue weighted by Gasteiger charge is -2.18. The molecule has 1 aromatic carbocycles. The molecule has 1 rings (SSSR count). The van der Waals surface area contributed by atoms with E-state index in [1.807, 2.05) is 0 Å². The highest BCUT2D eigenvalue weighted by atomic mass is 35.5. The van der Waals surface area contributed by atoms with Crippen molar-refractivity contribution in [3.05, 3.63) is 35.4 Å². The van der Waals surface area contributed by atoms with Crippen LogP contribution in [0, 0.1) is 11.6 Å². The van der Waals surface area contributed by atoms with Gasteiger partial charge in [-0.15, -0.1) is 12.4 Å². The van der Waals surface area contributed by atoms with Crippen LogP contribution in [0.15, 0.2) is 18.2 Å². The molecule has 3 nitrogen and oxygen atoms in total. The van der Waals surface area contributed by atoms with E-state index in [-0.39, 0.29) is 24.5 Å². The second-order valence-electron chi connectivity index (χ2n) is 4.30. The lowest BCUT2D eigenvalue weighted by atomic mass is 10.1. The van der Waals surface area contributed by atoms with E-state index in [0.29, 0.717) is 6.07 Å². The van der Waals surface area contributed by atoms with Crippen LogP contribution < -0.4 is 11.1 Å². The van der Waals surface area contributed by atoms with Crippen LogP contribution in [0.2, 0.25) is 0 Å². The van der Waals surface area contributed by atoms with Crippen LogP contribution in [0.3, 0.4) is 0 Å². The van der Waals surface area contributed by atoms with Crippen LogP contribution >= 0.6 is 12.4 Å². The summed E-state index contributed by atoms with van der Waals surface area (Å²) >= 11 is 0. The van der Waals surface area contributed by atoms with Gasteiger partial charge in [-0.1, -0.05) is 0 Å². The zero-order valence-corrected chi connectivity index (χ0v) is 10.4. The minimum atomic E-state index is -0.882. The molecule has 0 saturated heterocycles. The molecule has 0 heterocycles. The fourth-order valence-electron chi connectivity index (χ4n) is 1.08. The third-order valence-corrected chi connectivity index (χ3v) is 1.88. The molecule has 6 heteroatoms. The molecular formula is C11H15ClF2N2O. The molecule has 0 unspecified atom stereocenters. The van der Waals surface area contributed by atoms with Gasteiger partial charge < -0.3 is 11.1 Å². The lowest BCUT2D eigenvalue weighted by Crippen LogP contribution is -2.45. The zero-order chi connectivity index (χ0) is 12.3. The summed E-state index contributed by atoms with van der Waals surface area (Å²) in [6.45, 7) is 3.67. The average molecular weight is 265 g/mol. The smallest absolute Gasteiger partial charge is 0.254 e. The first-order valence-electron chi connectivity index (χ1n) is 4.82. The van der Waals surface area contributed by atoms with Crippen LogP contribution in [-0.4, -0.2) is 18.0 Å². The number of hydrogen-bond acceptors (Lipinski definition) is 2. The maximum absolute atomic E-state index is 13.2. The molecule has 0 radical (unpaired) electrons. The first kappa shape index (κ1) is 15.8. The highest BCUT2D eigenvalue weighted by Crippen LogP contribution is 2.09. The Labute approximate surface area is 105 Å². The Hall–Kier alpha value is -1.20. The van der Waals surface area contributed by atoms with Crippen LogP contribution in [0.5, 0.6) is 0 Å². The molecule has 0 aromatic heterocycles. The summed E-state index contributed by atoms with van der Waals surface area (Å²) < 4.78 is 25.8. The first-order valence-corrected chi connectivity index (χ1v) is 4.82. The molecule has 17 heavy (non-hydrogen) atoms. The number of carbonyl (C=O) groups excluding carboxylic acids is 1. The Morgan fingerprint density at radius 3 is 2.47 bits per heavy atom. The van der Waals surface area contributed by atoms with Crippen LogP contribution in [-0.2, 0) is 0 Å². The van der Waals surface area contributed by atoms with E-state index in [9.17, 15) is 13.6 Å². The third kappa shape index (κ3) is 5.10. The van der Waals surface area contributed by atoms with Gasteiger partial charge in [0.2, 0.25) is 0 Å². The Bertz CT molecular complexity index is 405. The van der Waals surface area contributed by atoms with Crippen molar-refractivity contribution in [1.29, 1.82) is 0 Å². The Morgan fingerprint density at radius 1 is 1.41 bits per heavy atom. The number of amides is 1. The minimum absolute atomic E-state index is 0. The maximum atomic E-state index is 13.2. The van der Waals surface area contributed by atoms with E-state index >= 15 is 0 Å². The van der Waals surface area contributed by atoms with Crippen molar-refractivity contribution in [3.63, 3.8) is 0 Å². The van der Waals surface area contributed by atoms with Gasteiger partial charge in [0.1, 0.15) is 11.6 Å². The van der Waals surface area contributed by atoms with E-state index in [2.05, 4.69) is 5.32 Å². The molecule has 0 aliphatic heterocycles. The number of benzene rings is 1. The summed E-state index contributed by atoms with van der Waals surface area (Å²) in [5.41, 5.74) is 4.89. The van der Waals surface area contributed by atoms with Gasteiger partial charge in [-0.05, 0) is 26.0 Å². The van der Waals surface area contributed by atoms with Crippen molar-refractivity contribution >= 4 is 18.3 Å². The van der Waals surface area contributed by atoms with Gasteiger partial charge in [-0.25, -0.2) is 8.78 Å². The summed E-state index contributed by atoms with van der Waals surface area (Å²) in [6, 6.07) is 2.80. The van der Waals surface area contributed by atoms with Gasteiger partial charge >= 0.3 is 0 Å². The maximum Gasteiger partial charge on any atom is 0.254 e. The van der Waals surface area contributed by atoms with Gasteiger partial charge in [0, 0.05) is 18.2 Å². The Kier molecular flexibility index (Phi) is 5.51. The van der Waals surface area contributed by atoms with Crippen LogP contribution in [0.4, 0.5) is 8.78 Å². The van der Waals surface area contributed by atoms with Crippen molar-refractivity contribution in [2.24, 2.45) is 5.73 Å². The molecular weight excluding hydrogens is 250 g/mol. The number of hydrogen-bond donors (Lipinski definition) is 2. The molecule has 0 spiro atoms. The van der Waals surface area contributed by atoms with Crippen molar-refractivity contribution in [1.82, 2.24) is 5.32 Å². The molecule has 0 atom stereocenters. The molecule has 0 saturated carbocycles. The number of rotatable bonds is 3. The van der Waals surface area contributed by atoms with Crippen molar-refractivity contribution in [2.45, 2.75) is 19.4 Å². The Balaban J connectivity index is 0.00000256. The van der Waals surface area contributed by atoms with E-state index in [4.69, 9.17) is 5.73 Å². The summed E-state index contributed by atoms with van der Waals surface area (Å²) in [5.74, 6) is -2.20. The number of nitrogens with one attached hydrogen (secondary N) is 1. The van der Waals surface area contributed by atoms with Crippen molar-refractivity contribution in [2.75, 3.05) is 6.54 Å². The topological polar surface area (TPSA) is 55.1 Å². The van der Waals surface area contributed by atoms with E-state index < -0.39 is 23.1 Å². The fourth-order valence-corrected chi connectivity index (χ4v) is 1.08. The number of carbonyl (C=O) groups is 1. The van der Waals surface area contributed by atoms with Gasteiger partial charge in [0.05, 0.1) is 5.56 Å². The highest BCUT2D eigenvalue weighted by molar-refractivity contribution is 5.94. The van der Waals surface area contributed by atoms with E-state index in [1.165, 1.54) is 0 Å². The van der Waals surface area contributed by atoms with E-state index in [1.54, 1.807) is 13.8 Å². The molecule has 0 aliphatic carbocycles. The normalized spacial score (nSPS) is 10.6. The predicted molar refractivity (Wildman–Crippen MR) is 64.2 cm³/mol. The molecule has 0 fully saturated rings. The zero-order valence-electron chi connectivity index (χ0n) is 9.59. The lowest BCUT2D eigenvalue weighted by molar-refractivity contribution is 0.0942. The molecule has 1 amide bonds. The van der Waals surface area contributed by atoms with Gasteiger partial charge in [0.15, 0.2) is 0 Å². The fraction of sp³-hybridized carbons (Fsp3) is 0.364. The van der Waals surface area contributed by atoms with Crippen molar-refractivity contribution < 1.29 is 13.6 Å². The third-order valence-electron chi connectivity index (χ3n) is 1.88. The largest absolute Gasteiger partial charge is 0.350 e. The van der Waals surface area contributed by atoms with Crippen molar-refractivity contribution in [3.8, 4) is 0 Å². The minimum Gasteiger partial charge on any atom is -0.350 e. The van der Waals surface area contributed by atoms with Gasteiger partial charge in [0.25, 0.3) is 5.91 Å². The van der Waals surface area contributed by atoms with Crippen LogP contribution in [0.1, 0.15) is 24.2 Å². The summed E-state index contributed by atoms with van der Waals surface area (Å²) in [4.78, 5) is 11.5. The summed E-state index contributed by atoms with van der Waals surface area (Å²) in [7, 11) is 0. The SMILES string of the molecule is CC(C)(N)CNC(=O)c1ccc(F)cc1F.Cl. The number of nitrogens with two attached hydrogens (primary N) is 1. The Morgan fingerprint density at radius 2 is 2.00 bits per heavy atom. The standard InChI is InChI=1S/C11H14F2N2O.ClH/c1-11(2,14)6-15-10(16)8-4-3-7(12)5-9(8)13;/h3-5H,6,14H2,1-2H3,(H,15,16);1H. The van der Waals surface area contributed by atoms with Gasteiger partial charge in [-0.2, -0.15) is 0 Å². The monoisotopic (exact) mass is 264 g/mol. The molecule has 3 N–H and O–H groups in total. The molecule has 96 valence electrons. The molecule has 0 aliphatic rings. The number of halogens is 3. The summed E-state index contributed by atoms with van der Waals surface area (Å²) in [6.07, 6.45) is 0. The highest BCUT2D eigenvalue weighted by Gasteiger charge is 2.16. The first-order chi connectivity index (χ1) is 7.29. The van der Waals surface area contributed by atoms with Crippen LogP contribution in [0.25, 0.3) is 0 Å². The van der Waals surface area contributed by atoms with Gasteiger partial charge in [-0.3, -0.25) is 4.79 Å². The predicted octanol–water partition coefficient (Wildman–Crippen LogP) is 1.85. The second kappa shape index (κ2) is 5.93. The van der Waals surface area contributed by atoms with E-state index in [0.717, 1.165) is 12.1 Å². The summed E-state index contributed by atoms with van der Waals surface area (Å²) in [5, 5.41) is 2.47. The quantitative estimate of drug-likeness (QED) is 0.875. The second-order valence-corrected chi connectivity index (χ2v) is 4.30.